The number of aryl methyl sites for hydroxylation is 2. The molecule has 0 saturated carbocycles. The molecular formula is C18H20N4OS2. The minimum absolute atomic E-state index is 0.128. The second-order valence-electron chi connectivity index (χ2n) is 5.61. The van der Waals surface area contributed by atoms with Gasteiger partial charge < -0.3 is 0 Å². The largest absolute Gasteiger partial charge is 0.293 e. The van der Waals surface area contributed by atoms with Crippen molar-refractivity contribution >= 4 is 28.9 Å². The van der Waals surface area contributed by atoms with Crippen LogP contribution >= 0.6 is 23.1 Å². The number of hydrogen-bond donors (Lipinski definition) is 0. The number of nitrogens with zero attached hydrogens (tertiary/aromatic N) is 4. The van der Waals surface area contributed by atoms with Crippen LogP contribution in [0.25, 0.3) is 0 Å². The molecule has 1 aromatic carbocycles. The summed E-state index contributed by atoms with van der Waals surface area (Å²) in [6.07, 6.45) is 1.78. The number of thiophene rings is 1. The van der Waals surface area contributed by atoms with Crippen LogP contribution in [0, 0.1) is 0 Å². The monoisotopic (exact) mass is 372 g/mol. The van der Waals surface area contributed by atoms with E-state index >= 15 is 0 Å². The highest BCUT2D eigenvalue weighted by molar-refractivity contribution is 7.99. The Morgan fingerprint density at radius 1 is 1.24 bits per heavy atom. The summed E-state index contributed by atoms with van der Waals surface area (Å²) in [4.78, 5) is 13.9. The van der Waals surface area contributed by atoms with Crippen molar-refractivity contribution in [2.24, 2.45) is 0 Å². The molecule has 0 fully saturated rings. The molecule has 0 N–H and O–H groups in total. The molecule has 0 radical (unpaired) electrons. The number of carbonyl (C=O) groups excluding carboxylic acids is 1. The van der Waals surface area contributed by atoms with Crippen molar-refractivity contribution in [1.82, 2.24) is 20.2 Å². The van der Waals surface area contributed by atoms with Gasteiger partial charge in [-0.25, -0.2) is 4.68 Å². The summed E-state index contributed by atoms with van der Waals surface area (Å²) in [6.45, 7) is 4.81. The first-order valence-electron chi connectivity index (χ1n) is 8.27. The zero-order chi connectivity index (χ0) is 17.6. The SMILES string of the molecule is CCc1ccc(CC)c(C(=O)CSc2nnnn2Cc2cccs2)c1. The lowest BCUT2D eigenvalue weighted by Gasteiger charge is -2.09. The molecule has 0 bridgehead atoms. The van der Waals surface area contributed by atoms with E-state index < -0.39 is 0 Å². The van der Waals surface area contributed by atoms with Crippen LogP contribution < -0.4 is 0 Å². The Morgan fingerprint density at radius 2 is 2.12 bits per heavy atom. The van der Waals surface area contributed by atoms with Gasteiger partial charge in [0.05, 0.1) is 12.3 Å². The molecule has 2 heterocycles. The number of benzene rings is 1. The van der Waals surface area contributed by atoms with Gasteiger partial charge in [-0.2, -0.15) is 0 Å². The highest BCUT2D eigenvalue weighted by Gasteiger charge is 2.15. The number of Topliss-reactive ketones (excluding diaryl/α,β-unsaturated/α-hetero) is 1. The maximum absolute atomic E-state index is 12.7. The molecule has 0 aliphatic rings. The highest BCUT2D eigenvalue weighted by atomic mass is 32.2. The van der Waals surface area contributed by atoms with E-state index in [1.165, 1.54) is 22.2 Å². The van der Waals surface area contributed by atoms with Gasteiger partial charge in [0.15, 0.2) is 5.78 Å². The van der Waals surface area contributed by atoms with Crippen LogP contribution in [0.4, 0.5) is 0 Å². The fourth-order valence-corrected chi connectivity index (χ4v) is 4.01. The predicted molar refractivity (Wildman–Crippen MR) is 101 cm³/mol. The predicted octanol–water partition coefficient (Wildman–Crippen LogP) is 3.88. The van der Waals surface area contributed by atoms with Crippen LogP contribution in [0.2, 0.25) is 0 Å². The molecule has 5 nitrogen and oxygen atoms in total. The fourth-order valence-electron chi connectivity index (χ4n) is 2.57. The van der Waals surface area contributed by atoms with Gasteiger partial charge in [0.1, 0.15) is 0 Å². The first-order valence-corrected chi connectivity index (χ1v) is 10.1. The summed E-state index contributed by atoms with van der Waals surface area (Å²) in [5.41, 5.74) is 3.11. The van der Waals surface area contributed by atoms with E-state index in [1.807, 2.05) is 17.5 Å². The van der Waals surface area contributed by atoms with Crippen LogP contribution in [-0.4, -0.2) is 31.7 Å². The third-order valence-corrected chi connectivity index (χ3v) is 5.80. The van der Waals surface area contributed by atoms with Crippen molar-refractivity contribution in [3.8, 4) is 0 Å². The van der Waals surface area contributed by atoms with Crippen molar-refractivity contribution in [2.45, 2.75) is 38.4 Å². The quantitative estimate of drug-likeness (QED) is 0.443. The molecule has 0 aliphatic heterocycles. The maximum atomic E-state index is 12.7. The second kappa shape index (κ2) is 8.40. The summed E-state index contributed by atoms with van der Waals surface area (Å²) in [5.74, 6) is 0.466. The fraction of sp³-hybridized carbons (Fsp3) is 0.333. The molecule has 0 unspecified atom stereocenters. The summed E-state index contributed by atoms with van der Waals surface area (Å²) >= 11 is 3.06. The molecule has 0 saturated heterocycles. The first-order chi connectivity index (χ1) is 12.2. The van der Waals surface area contributed by atoms with E-state index in [0.717, 1.165) is 24.0 Å². The molecule has 0 aliphatic carbocycles. The molecule has 0 spiro atoms. The van der Waals surface area contributed by atoms with E-state index in [4.69, 9.17) is 0 Å². The van der Waals surface area contributed by atoms with Crippen LogP contribution in [0.3, 0.4) is 0 Å². The van der Waals surface area contributed by atoms with Crippen LogP contribution in [0.15, 0.2) is 40.9 Å². The average Bonchev–Trinajstić information content (AvgIpc) is 3.31. The van der Waals surface area contributed by atoms with Crippen molar-refractivity contribution in [1.29, 1.82) is 0 Å². The Kier molecular flexibility index (Phi) is 5.99. The van der Waals surface area contributed by atoms with Gasteiger partial charge in [-0.1, -0.05) is 43.8 Å². The molecule has 130 valence electrons. The summed E-state index contributed by atoms with van der Waals surface area (Å²) in [5, 5.41) is 14.5. The van der Waals surface area contributed by atoms with Gasteiger partial charge in [-0.3, -0.25) is 4.79 Å². The number of thioether (sulfide) groups is 1. The number of rotatable bonds is 8. The third kappa shape index (κ3) is 4.35. The van der Waals surface area contributed by atoms with Gasteiger partial charge in [0, 0.05) is 10.4 Å². The molecule has 25 heavy (non-hydrogen) atoms. The zero-order valence-electron chi connectivity index (χ0n) is 14.3. The van der Waals surface area contributed by atoms with Crippen molar-refractivity contribution in [3.63, 3.8) is 0 Å². The Labute approximate surface area is 155 Å². The van der Waals surface area contributed by atoms with Crippen LogP contribution in [0.5, 0.6) is 0 Å². The summed E-state index contributed by atoms with van der Waals surface area (Å²) < 4.78 is 1.74. The van der Waals surface area contributed by atoms with E-state index in [0.29, 0.717) is 17.5 Å². The van der Waals surface area contributed by atoms with Gasteiger partial charge in [0.25, 0.3) is 0 Å². The zero-order valence-corrected chi connectivity index (χ0v) is 15.9. The molecule has 3 aromatic rings. The van der Waals surface area contributed by atoms with E-state index in [1.54, 1.807) is 16.0 Å². The van der Waals surface area contributed by atoms with E-state index in [2.05, 4.69) is 47.6 Å². The van der Waals surface area contributed by atoms with Crippen molar-refractivity contribution in [2.75, 3.05) is 5.75 Å². The Bertz CT molecular complexity index is 843. The lowest BCUT2D eigenvalue weighted by Crippen LogP contribution is -2.09. The normalized spacial score (nSPS) is 11.0. The van der Waals surface area contributed by atoms with Gasteiger partial charge in [-0.05, 0) is 51.9 Å². The summed E-state index contributed by atoms with van der Waals surface area (Å²) in [6, 6.07) is 10.3. The number of ketones is 1. The molecule has 0 atom stereocenters. The average molecular weight is 373 g/mol. The first kappa shape index (κ1) is 17.8. The van der Waals surface area contributed by atoms with Gasteiger partial charge in [0.2, 0.25) is 5.16 Å². The number of carbonyl (C=O) groups is 1. The number of aromatic nitrogens is 4. The molecular weight excluding hydrogens is 352 g/mol. The topological polar surface area (TPSA) is 60.7 Å². The lowest BCUT2D eigenvalue weighted by atomic mass is 9.98. The van der Waals surface area contributed by atoms with Crippen LogP contribution in [0.1, 0.15) is 40.2 Å². The molecule has 3 rings (SSSR count). The molecule has 2 aromatic heterocycles. The van der Waals surface area contributed by atoms with Crippen LogP contribution in [-0.2, 0) is 19.4 Å². The molecule has 7 heteroatoms. The van der Waals surface area contributed by atoms with Crippen molar-refractivity contribution in [3.05, 3.63) is 57.3 Å². The van der Waals surface area contributed by atoms with Gasteiger partial charge >= 0.3 is 0 Å². The third-order valence-electron chi connectivity index (χ3n) is 3.98. The number of tetrazole rings is 1. The summed E-state index contributed by atoms with van der Waals surface area (Å²) in [7, 11) is 0. The van der Waals surface area contributed by atoms with Crippen molar-refractivity contribution < 1.29 is 4.79 Å². The highest BCUT2D eigenvalue weighted by Crippen LogP contribution is 2.21. The van der Waals surface area contributed by atoms with Gasteiger partial charge in [-0.15, -0.1) is 16.4 Å². The Balaban J connectivity index is 1.70. The minimum atomic E-state index is 0.128. The molecule has 0 amide bonds. The smallest absolute Gasteiger partial charge is 0.210 e. The second-order valence-corrected chi connectivity index (χ2v) is 7.58. The Hall–Kier alpha value is -1.99. The maximum Gasteiger partial charge on any atom is 0.210 e. The Morgan fingerprint density at radius 3 is 2.84 bits per heavy atom. The standard InChI is InChI=1S/C18H20N4OS2/c1-3-13-7-8-14(4-2)16(10-13)17(23)12-25-18-19-20-21-22(18)11-15-6-5-9-24-15/h5-10H,3-4,11-12H2,1-2H3. The van der Waals surface area contributed by atoms with E-state index in [9.17, 15) is 4.79 Å². The number of hydrogen-bond acceptors (Lipinski definition) is 6. The van der Waals surface area contributed by atoms with E-state index in [-0.39, 0.29) is 5.78 Å². The minimum Gasteiger partial charge on any atom is -0.293 e. The lowest BCUT2D eigenvalue weighted by molar-refractivity contribution is 0.102.